The minimum Gasteiger partial charge on any atom is -0.480 e. The second-order valence-corrected chi connectivity index (χ2v) is 10.3. The van der Waals surface area contributed by atoms with E-state index in [1.54, 1.807) is 13.1 Å². The molecule has 0 aliphatic heterocycles. The van der Waals surface area contributed by atoms with Crippen LogP contribution in [0.15, 0.2) is 43.0 Å². The predicted octanol–water partition coefficient (Wildman–Crippen LogP) is -0.146. The summed E-state index contributed by atoms with van der Waals surface area (Å²) in [5.74, 6) is -4.21. The Kier molecular flexibility index (Phi) is 11.2. The summed E-state index contributed by atoms with van der Waals surface area (Å²) < 4.78 is 0. The van der Waals surface area contributed by atoms with E-state index in [9.17, 15) is 29.1 Å². The summed E-state index contributed by atoms with van der Waals surface area (Å²) in [4.78, 5) is 73.1. The van der Waals surface area contributed by atoms with Crippen LogP contribution >= 0.6 is 0 Å². The molecule has 0 fully saturated rings. The molecule has 42 heavy (non-hydrogen) atoms. The summed E-state index contributed by atoms with van der Waals surface area (Å²) >= 11 is 0. The highest BCUT2D eigenvalue weighted by atomic mass is 16.4. The molecule has 0 spiro atoms. The van der Waals surface area contributed by atoms with E-state index in [1.165, 1.54) is 12.5 Å². The Morgan fingerprint density at radius 1 is 0.952 bits per heavy atom. The highest BCUT2D eigenvalue weighted by molar-refractivity contribution is 5.95. The van der Waals surface area contributed by atoms with E-state index >= 15 is 0 Å². The summed E-state index contributed by atoms with van der Waals surface area (Å²) in [6, 6.07) is 2.69. The van der Waals surface area contributed by atoms with Crippen molar-refractivity contribution >= 4 is 40.5 Å². The number of aromatic amines is 2. The van der Waals surface area contributed by atoms with Crippen molar-refractivity contribution in [3.63, 3.8) is 0 Å². The quantitative estimate of drug-likeness (QED) is 0.113. The fraction of sp³-hybridized carbons (Fsp3) is 0.429. The van der Waals surface area contributed by atoms with E-state index in [0.29, 0.717) is 17.7 Å². The second-order valence-electron chi connectivity index (χ2n) is 10.3. The Morgan fingerprint density at radius 3 is 2.26 bits per heavy atom. The van der Waals surface area contributed by atoms with Crippen molar-refractivity contribution < 1.29 is 29.1 Å². The molecule has 3 aromatic rings. The minimum absolute atomic E-state index is 0.000845. The number of carboxylic acids is 1. The average molecular weight is 583 g/mol. The first-order valence-corrected chi connectivity index (χ1v) is 13.7. The molecule has 0 bridgehead atoms. The number of carboxylic acid groups (broad SMARTS) is 1. The van der Waals surface area contributed by atoms with Gasteiger partial charge in [-0.1, -0.05) is 38.5 Å². The first kappa shape index (κ1) is 31.8. The lowest BCUT2D eigenvalue weighted by molar-refractivity contribution is -0.142. The molecule has 2 heterocycles. The van der Waals surface area contributed by atoms with Crippen molar-refractivity contribution in [2.75, 3.05) is 0 Å². The molecule has 14 heteroatoms. The van der Waals surface area contributed by atoms with E-state index in [1.807, 2.05) is 31.2 Å². The van der Waals surface area contributed by atoms with E-state index in [-0.39, 0.29) is 31.6 Å². The third kappa shape index (κ3) is 8.64. The smallest absolute Gasteiger partial charge is 0.326 e. The molecular weight excluding hydrogens is 544 g/mol. The van der Waals surface area contributed by atoms with E-state index in [2.05, 4.69) is 30.9 Å². The minimum atomic E-state index is -1.32. The fourth-order valence-corrected chi connectivity index (χ4v) is 4.43. The van der Waals surface area contributed by atoms with Gasteiger partial charge in [0.15, 0.2) is 0 Å². The van der Waals surface area contributed by atoms with Gasteiger partial charge in [0.2, 0.25) is 23.6 Å². The van der Waals surface area contributed by atoms with Crippen molar-refractivity contribution in [2.45, 2.75) is 70.1 Å². The van der Waals surface area contributed by atoms with Crippen LogP contribution in [-0.2, 0) is 36.8 Å². The lowest BCUT2D eigenvalue weighted by Gasteiger charge is -2.26. The number of aromatic nitrogens is 3. The van der Waals surface area contributed by atoms with Crippen molar-refractivity contribution in [3.8, 4) is 0 Å². The molecule has 5 atom stereocenters. The Bertz CT molecular complexity index is 1390. The molecule has 4 amide bonds. The van der Waals surface area contributed by atoms with Gasteiger partial charge in [-0.05, 0) is 24.0 Å². The number of rotatable bonds is 16. The van der Waals surface area contributed by atoms with E-state index in [0.717, 1.165) is 10.9 Å². The molecule has 226 valence electrons. The third-order valence-corrected chi connectivity index (χ3v) is 7.20. The molecule has 0 aliphatic rings. The molecule has 0 saturated heterocycles. The number of primary amides is 1. The number of hydrogen-bond donors (Lipinski definition) is 8. The number of H-pyrrole nitrogens is 2. The lowest BCUT2D eigenvalue weighted by Crippen LogP contribution is -2.58. The summed E-state index contributed by atoms with van der Waals surface area (Å²) in [7, 11) is 0. The Labute approximate surface area is 242 Å². The van der Waals surface area contributed by atoms with E-state index in [4.69, 9.17) is 11.5 Å². The van der Waals surface area contributed by atoms with Crippen LogP contribution in [0.25, 0.3) is 10.9 Å². The maximum Gasteiger partial charge on any atom is 0.326 e. The number of fused-ring (bicyclic) bond motifs is 1. The van der Waals surface area contributed by atoms with Crippen molar-refractivity contribution in [1.82, 2.24) is 30.9 Å². The number of para-hydroxylation sites is 1. The number of nitrogens with two attached hydrogens (primary N) is 2. The van der Waals surface area contributed by atoms with E-state index < -0.39 is 53.8 Å². The Hall–Kier alpha value is -4.72. The van der Waals surface area contributed by atoms with Gasteiger partial charge in [0.05, 0.1) is 12.4 Å². The molecule has 1 aromatic carbocycles. The van der Waals surface area contributed by atoms with Crippen molar-refractivity contribution in [3.05, 3.63) is 54.2 Å². The fourth-order valence-electron chi connectivity index (χ4n) is 4.43. The van der Waals surface area contributed by atoms with Gasteiger partial charge in [0.1, 0.15) is 18.1 Å². The molecule has 2 aromatic heterocycles. The largest absolute Gasteiger partial charge is 0.480 e. The van der Waals surface area contributed by atoms with Crippen LogP contribution in [-0.4, -0.2) is 73.8 Å². The van der Waals surface area contributed by atoms with Gasteiger partial charge < -0.3 is 42.5 Å². The number of nitrogens with zero attached hydrogens (tertiary/aromatic N) is 1. The number of hydrogen-bond acceptors (Lipinski definition) is 7. The van der Waals surface area contributed by atoms with Gasteiger partial charge in [-0.15, -0.1) is 0 Å². The molecule has 0 radical (unpaired) electrons. The molecule has 3 rings (SSSR count). The van der Waals surface area contributed by atoms with Crippen LogP contribution in [0.1, 0.15) is 44.4 Å². The summed E-state index contributed by atoms with van der Waals surface area (Å²) in [5.41, 5.74) is 13.3. The summed E-state index contributed by atoms with van der Waals surface area (Å²) in [6.07, 6.45) is 4.77. The molecular formula is C28H38N8O6. The van der Waals surface area contributed by atoms with Crippen molar-refractivity contribution in [1.29, 1.82) is 0 Å². The maximum absolute atomic E-state index is 13.5. The Balaban J connectivity index is 1.86. The second kappa shape index (κ2) is 14.8. The maximum atomic E-state index is 13.5. The van der Waals surface area contributed by atoms with Gasteiger partial charge in [-0.2, -0.15) is 0 Å². The zero-order chi connectivity index (χ0) is 30.8. The van der Waals surface area contributed by atoms with Crippen LogP contribution in [0.5, 0.6) is 0 Å². The first-order valence-electron chi connectivity index (χ1n) is 13.7. The number of benzene rings is 1. The number of carbonyl (C=O) groups excluding carboxylic acids is 4. The molecule has 14 nitrogen and oxygen atoms in total. The van der Waals surface area contributed by atoms with Crippen molar-refractivity contribution in [2.24, 2.45) is 17.4 Å². The van der Waals surface area contributed by atoms with Gasteiger partial charge >= 0.3 is 5.97 Å². The SMILES string of the molecule is CCC(C)C(N)C(=O)NC(CCC(N)=O)C(=O)NC(Cc1c[nH]c2ccccc12)C(=O)NC(Cc1cnc[nH]1)C(=O)O. The first-order chi connectivity index (χ1) is 20.0. The highest BCUT2D eigenvalue weighted by Gasteiger charge is 2.32. The third-order valence-electron chi connectivity index (χ3n) is 7.20. The summed E-state index contributed by atoms with van der Waals surface area (Å²) in [6.45, 7) is 3.67. The zero-order valence-corrected chi connectivity index (χ0v) is 23.6. The van der Waals surface area contributed by atoms with Crippen LogP contribution < -0.4 is 27.4 Å². The van der Waals surface area contributed by atoms with Gasteiger partial charge in [0.25, 0.3) is 0 Å². The van der Waals surface area contributed by atoms with Crippen LogP contribution in [0.3, 0.4) is 0 Å². The number of aliphatic carboxylic acids is 1. The molecule has 5 unspecified atom stereocenters. The van der Waals surface area contributed by atoms with Crippen LogP contribution in [0.2, 0.25) is 0 Å². The number of amides is 4. The number of nitrogens with one attached hydrogen (secondary N) is 5. The van der Waals surface area contributed by atoms with Gasteiger partial charge in [-0.25, -0.2) is 9.78 Å². The number of imidazole rings is 1. The number of carbonyl (C=O) groups is 5. The van der Waals surface area contributed by atoms with Gasteiger partial charge in [-0.3, -0.25) is 19.2 Å². The van der Waals surface area contributed by atoms with Crippen LogP contribution in [0, 0.1) is 5.92 Å². The highest BCUT2D eigenvalue weighted by Crippen LogP contribution is 2.19. The Morgan fingerprint density at radius 2 is 1.62 bits per heavy atom. The average Bonchev–Trinajstić information content (AvgIpc) is 3.63. The standard InChI is InChI=1S/C28H38N8O6/c1-3-15(2)24(30)27(40)34-20(8-9-23(29)37)25(38)35-21(10-16-12-32-19-7-5-4-6-18(16)19)26(39)36-22(28(41)42)11-17-13-31-14-33-17/h4-7,12-15,20-22,24,32H,3,8-11,30H2,1-2H3,(H2,29,37)(H,31,33)(H,34,40)(H,35,38)(H,36,39)(H,41,42). The molecule has 0 aliphatic carbocycles. The predicted molar refractivity (Wildman–Crippen MR) is 154 cm³/mol. The summed E-state index contributed by atoms with van der Waals surface area (Å²) in [5, 5.41) is 18.3. The monoisotopic (exact) mass is 582 g/mol. The van der Waals surface area contributed by atoms with Gasteiger partial charge in [0, 0.05) is 48.3 Å². The normalized spacial score (nSPS) is 14.7. The van der Waals surface area contributed by atoms with Crippen LogP contribution in [0.4, 0.5) is 0 Å². The molecule has 0 saturated carbocycles. The topological polar surface area (TPSA) is 238 Å². The molecule has 10 N–H and O–H groups in total. The lowest BCUT2D eigenvalue weighted by atomic mass is 9.98. The zero-order valence-electron chi connectivity index (χ0n) is 23.6.